The number of hydrogen-bond donors (Lipinski definition) is 3. The minimum atomic E-state index is -1.61. The lowest BCUT2D eigenvalue weighted by Gasteiger charge is -2.32. The highest BCUT2D eigenvalue weighted by atomic mass is 16.2. The number of nitrogens with zero attached hydrogens (tertiary/aromatic N) is 2. The maximum absolute atomic E-state index is 14.2. The fourth-order valence-corrected chi connectivity index (χ4v) is 5.02. The smallest absolute Gasteiger partial charge is 0.300 e. The van der Waals surface area contributed by atoms with Crippen LogP contribution in [0.15, 0.2) is 102 Å². The van der Waals surface area contributed by atoms with Crippen LogP contribution in [0.25, 0.3) is 10.8 Å². The first-order valence-electron chi connectivity index (χ1n) is 14.2. The second-order valence-electron chi connectivity index (χ2n) is 10.2. The Balaban J connectivity index is 0.000000714. The molecule has 212 valence electrons. The summed E-state index contributed by atoms with van der Waals surface area (Å²) in [5.41, 5.74) is 2.11. The van der Waals surface area contributed by atoms with E-state index in [1.165, 1.54) is 17.5 Å². The lowest BCUT2D eigenvalue weighted by Crippen LogP contribution is -2.64. The number of nitrogens with one attached hydrogen (secondary N) is 3. The van der Waals surface area contributed by atoms with Crippen LogP contribution in [0.5, 0.6) is 0 Å². The van der Waals surface area contributed by atoms with Gasteiger partial charge in [0.15, 0.2) is 0 Å². The zero-order valence-corrected chi connectivity index (χ0v) is 24.4. The minimum absolute atomic E-state index is 0.319. The molecule has 3 N–H and O–H groups in total. The molecule has 0 saturated heterocycles. The molecule has 0 radical (unpaired) electrons. The molecule has 0 bridgehead atoms. The molecular weight excluding hydrogens is 510 g/mol. The Morgan fingerprint density at radius 3 is 1.98 bits per heavy atom. The predicted octanol–water partition coefficient (Wildman–Crippen LogP) is 6.27. The number of fused-ring (bicyclic) bond motifs is 1. The molecule has 4 aromatic carbocycles. The van der Waals surface area contributed by atoms with Crippen LogP contribution >= 0.6 is 0 Å². The Morgan fingerprint density at radius 1 is 0.829 bits per heavy atom. The normalized spacial score (nSPS) is 16.3. The Labute approximate surface area is 242 Å². The van der Waals surface area contributed by atoms with Gasteiger partial charge in [-0.15, -0.1) is 0 Å². The van der Waals surface area contributed by atoms with Crippen LogP contribution < -0.4 is 21.0 Å². The molecule has 1 atom stereocenters. The summed E-state index contributed by atoms with van der Waals surface area (Å²) in [6.07, 6.45) is 0. The Bertz CT molecular complexity index is 1520. The number of para-hydroxylation sites is 2. The van der Waals surface area contributed by atoms with E-state index < -0.39 is 5.66 Å². The standard InChI is InChI=1S/C30H28N4O2.C4H11N/c1-20(2)24-18-19-27(26-17-11-10-16-25(24)26)28-30(31-21(3)35,32-22-12-6-4-7-13-22)29(36)34(33-28)23-14-8-5-9-15-23;1-3-5-4-2/h4-20,32H,1-3H3,(H,31,35);5H,3-4H2,1-2H3. The van der Waals surface area contributed by atoms with Crippen molar-refractivity contribution in [2.45, 2.75) is 46.2 Å². The van der Waals surface area contributed by atoms with E-state index in [9.17, 15) is 9.59 Å². The zero-order valence-electron chi connectivity index (χ0n) is 24.4. The summed E-state index contributed by atoms with van der Waals surface area (Å²) in [6, 6.07) is 30.8. The van der Waals surface area contributed by atoms with Gasteiger partial charge < -0.3 is 16.0 Å². The van der Waals surface area contributed by atoms with Gasteiger partial charge in [0.2, 0.25) is 11.6 Å². The van der Waals surface area contributed by atoms with Crippen molar-refractivity contribution in [2.75, 3.05) is 23.4 Å². The first-order chi connectivity index (χ1) is 19.8. The Kier molecular flexibility index (Phi) is 9.53. The van der Waals surface area contributed by atoms with E-state index in [1.54, 1.807) is 0 Å². The van der Waals surface area contributed by atoms with Crippen molar-refractivity contribution in [1.29, 1.82) is 0 Å². The van der Waals surface area contributed by atoms with E-state index in [-0.39, 0.29) is 11.8 Å². The zero-order chi connectivity index (χ0) is 29.4. The molecule has 7 heteroatoms. The summed E-state index contributed by atoms with van der Waals surface area (Å²) in [5, 5.41) is 17.7. The number of carbonyl (C=O) groups is 2. The number of hydrazone groups is 1. The van der Waals surface area contributed by atoms with Crippen molar-refractivity contribution in [1.82, 2.24) is 10.6 Å². The molecule has 2 amide bonds. The summed E-state index contributed by atoms with van der Waals surface area (Å²) in [4.78, 5) is 26.8. The molecule has 0 saturated carbocycles. The molecule has 1 heterocycles. The van der Waals surface area contributed by atoms with Crippen molar-refractivity contribution in [3.8, 4) is 0 Å². The maximum atomic E-state index is 14.2. The van der Waals surface area contributed by atoms with Crippen LogP contribution in [-0.2, 0) is 9.59 Å². The highest BCUT2D eigenvalue weighted by Gasteiger charge is 2.53. The molecule has 0 spiro atoms. The van der Waals surface area contributed by atoms with Crippen molar-refractivity contribution in [2.24, 2.45) is 5.10 Å². The Hall–Kier alpha value is -4.49. The van der Waals surface area contributed by atoms with Crippen LogP contribution in [0.3, 0.4) is 0 Å². The average Bonchev–Trinajstić information content (AvgIpc) is 3.24. The fourth-order valence-electron chi connectivity index (χ4n) is 5.02. The van der Waals surface area contributed by atoms with E-state index in [4.69, 9.17) is 5.10 Å². The number of anilines is 2. The Morgan fingerprint density at radius 2 is 1.41 bits per heavy atom. The van der Waals surface area contributed by atoms with Crippen LogP contribution in [0.2, 0.25) is 0 Å². The summed E-state index contributed by atoms with van der Waals surface area (Å²) in [6.45, 7) is 12.1. The van der Waals surface area contributed by atoms with Crippen LogP contribution in [0.1, 0.15) is 51.7 Å². The van der Waals surface area contributed by atoms with Crippen molar-refractivity contribution in [3.05, 3.63) is 108 Å². The monoisotopic (exact) mass is 549 g/mol. The molecule has 1 unspecified atom stereocenters. The van der Waals surface area contributed by atoms with Gasteiger partial charge in [-0.25, -0.2) is 0 Å². The van der Waals surface area contributed by atoms with Gasteiger partial charge in [0, 0.05) is 18.2 Å². The van der Waals surface area contributed by atoms with Gasteiger partial charge in [-0.2, -0.15) is 10.1 Å². The van der Waals surface area contributed by atoms with E-state index in [1.807, 2.05) is 84.9 Å². The SMILES string of the molecule is CC(=O)NC1(Nc2ccccc2)C(=O)N(c2ccccc2)N=C1c1ccc(C(C)C)c2ccccc12.CCNCC. The molecule has 1 aliphatic rings. The number of hydrogen-bond acceptors (Lipinski definition) is 5. The number of benzene rings is 4. The summed E-state index contributed by atoms with van der Waals surface area (Å²) >= 11 is 0. The first-order valence-corrected chi connectivity index (χ1v) is 14.2. The third-order valence-corrected chi connectivity index (χ3v) is 6.87. The predicted molar refractivity (Wildman–Crippen MR) is 169 cm³/mol. The second kappa shape index (κ2) is 13.2. The van der Waals surface area contributed by atoms with E-state index >= 15 is 0 Å². The molecule has 41 heavy (non-hydrogen) atoms. The fraction of sp³-hybridized carbons (Fsp3) is 0.265. The van der Waals surface area contributed by atoms with Gasteiger partial charge >= 0.3 is 5.91 Å². The minimum Gasteiger partial charge on any atom is -0.350 e. The van der Waals surface area contributed by atoms with Gasteiger partial charge in [0.25, 0.3) is 0 Å². The first kappa shape index (κ1) is 29.5. The molecule has 5 rings (SSSR count). The molecule has 4 aromatic rings. The summed E-state index contributed by atoms with van der Waals surface area (Å²) in [5.74, 6) is -0.420. The van der Waals surface area contributed by atoms with Gasteiger partial charge in [-0.3, -0.25) is 9.59 Å². The highest BCUT2D eigenvalue weighted by Crippen LogP contribution is 2.35. The molecular formula is C34H39N5O2. The molecule has 0 aliphatic carbocycles. The molecule has 0 aromatic heterocycles. The third-order valence-electron chi connectivity index (χ3n) is 6.87. The van der Waals surface area contributed by atoms with E-state index in [0.717, 1.165) is 29.4 Å². The second-order valence-corrected chi connectivity index (χ2v) is 10.2. The van der Waals surface area contributed by atoms with Gasteiger partial charge in [-0.05, 0) is 59.6 Å². The van der Waals surface area contributed by atoms with Crippen LogP contribution in [0.4, 0.5) is 11.4 Å². The lowest BCUT2D eigenvalue weighted by molar-refractivity contribution is -0.127. The van der Waals surface area contributed by atoms with Gasteiger partial charge in [0.1, 0.15) is 5.71 Å². The molecule has 1 aliphatic heterocycles. The quantitative estimate of drug-likeness (QED) is 0.226. The topological polar surface area (TPSA) is 85.8 Å². The van der Waals surface area contributed by atoms with Crippen LogP contribution in [-0.4, -0.2) is 36.3 Å². The van der Waals surface area contributed by atoms with Crippen molar-refractivity contribution >= 4 is 39.7 Å². The van der Waals surface area contributed by atoms with Gasteiger partial charge in [-0.1, -0.05) is 100 Å². The van der Waals surface area contributed by atoms with Crippen molar-refractivity contribution < 1.29 is 9.59 Å². The largest absolute Gasteiger partial charge is 0.350 e. The average molecular weight is 550 g/mol. The summed E-state index contributed by atoms with van der Waals surface area (Å²) < 4.78 is 0. The number of carbonyl (C=O) groups excluding carboxylic acids is 2. The number of rotatable bonds is 8. The van der Waals surface area contributed by atoms with E-state index in [0.29, 0.717) is 23.0 Å². The van der Waals surface area contributed by atoms with Crippen LogP contribution in [0, 0.1) is 0 Å². The van der Waals surface area contributed by atoms with Gasteiger partial charge in [0.05, 0.1) is 5.69 Å². The molecule has 0 fully saturated rings. The summed E-state index contributed by atoms with van der Waals surface area (Å²) in [7, 11) is 0. The lowest BCUT2D eigenvalue weighted by atomic mass is 9.88. The van der Waals surface area contributed by atoms with E-state index in [2.05, 4.69) is 55.8 Å². The highest BCUT2D eigenvalue weighted by molar-refractivity contribution is 6.33. The number of amides is 2. The van der Waals surface area contributed by atoms with Crippen molar-refractivity contribution in [3.63, 3.8) is 0 Å². The molecule has 7 nitrogen and oxygen atoms in total. The maximum Gasteiger partial charge on any atom is 0.300 e. The third kappa shape index (κ3) is 6.31.